The van der Waals surface area contributed by atoms with Gasteiger partial charge >= 0.3 is 5.97 Å². The van der Waals surface area contributed by atoms with Gasteiger partial charge in [-0.05, 0) is 28.4 Å². The molecule has 3 rings (SSSR count). The van der Waals surface area contributed by atoms with Gasteiger partial charge in [0.05, 0.1) is 19.8 Å². The number of hydrogen-bond acceptors (Lipinski definition) is 5. The van der Waals surface area contributed by atoms with Gasteiger partial charge in [-0.15, -0.1) is 0 Å². The Labute approximate surface area is 124 Å². The maximum Gasteiger partial charge on any atom is 0.339 e. The van der Waals surface area contributed by atoms with Gasteiger partial charge in [-0.25, -0.2) is 9.78 Å². The van der Waals surface area contributed by atoms with Crippen molar-refractivity contribution in [3.63, 3.8) is 0 Å². The Hall–Kier alpha value is -1.18. The second-order valence-corrected chi connectivity index (χ2v) is 5.88. The summed E-state index contributed by atoms with van der Waals surface area (Å²) in [5.41, 5.74) is 0.189. The van der Waals surface area contributed by atoms with E-state index in [4.69, 9.17) is 9.47 Å². The van der Waals surface area contributed by atoms with Gasteiger partial charge in [-0.1, -0.05) is 0 Å². The molecule has 1 N–H and O–H groups in total. The second kappa shape index (κ2) is 5.31. The Balaban J connectivity index is 1.90. The van der Waals surface area contributed by atoms with E-state index in [1.807, 2.05) is 4.90 Å². The summed E-state index contributed by atoms with van der Waals surface area (Å²) in [5.74, 6) is -1.11. The molecule has 0 aliphatic carbocycles. The van der Waals surface area contributed by atoms with Gasteiger partial charge in [0.25, 0.3) is 0 Å². The topological polar surface area (TPSA) is 71.9 Å². The molecule has 0 radical (unpaired) electrons. The summed E-state index contributed by atoms with van der Waals surface area (Å²) >= 11 is 3.25. The van der Waals surface area contributed by atoms with Gasteiger partial charge in [0.2, 0.25) is 0 Å². The zero-order valence-electron chi connectivity index (χ0n) is 10.8. The molecule has 0 amide bonds. The summed E-state index contributed by atoms with van der Waals surface area (Å²) in [7, 11) is 0. The molecule has 1 spiro atoms. The number of carboxylic acids is 1. The summed E-state index contributed by atoms with van der Waals surface area (Å²) < 4.78 is 12.1. The van der Waals surface area contributed by atoms with Gasteiger partial charge in [-0.3, -0.25) is 0 Å². The van der Waals surface area contributed by atoms with E-state index in [9.17, 15) is 9.90 Å². The molecule has 1 aromatic heterocycles. The molecule has 0 bridgehead atoms. The third-order valence-electron chi connectivity index (χ3n) is 3.59. The number of piperidine rings is 1. The van der Waals surface area contributed by atoms with Crippen molar-refractivity contribution in [1.29, 1.82) is 0 Å². The molecule has 0 aromatic carbocycles. The molecule has 1 aromatic rings. The number of aromatic nitrogens is 1. The fraction of sp³-hybridized carbons (Fsp3) is 0.538. The van der Waals surface area contributed by atoms with Crippen molar-refractivity contribution in [3.8, 4) is 0 Å². The quantitative estimate of drug-likeness (QED) is 0.884. The average molecular weight is 343 g/mol. The van der Waals surface area contributed by atoms with Gasteiger partial charge in [-0.2, -0.15) is 0 Å². The highest BCUT2D eigenvalue weighted by molar-refractivity contribution is 9.10. The van der Waals surface area contributed by atoms with E-state index in [-0.39, 0.29) is 5.56 Å². The molecule has 108 valence electrons. The molecule has 20 heavy (non-hydrogen) atoms. The molecule has 2 aliphatic rings. The highest BCUT2D eigenvalue weighted by Crippen LogP contribution is 2.33. The number of carbonyl (C=O) groups is 1. The molecule has 0 unspecified atom stereocenters. The van der Waals surface area contributed by atoms with Crippen LogP contribution >= 0.6 is 15.9 Å². The molecule has 6 nitrogen and oxygen atoms in total. The minimum absolute atomic E-state index is 0.189. The van der Waals surface area contributed by atoms with E-state index < -0.39 is 11.8 Å². The van der Waals surface area contributed by atoms with E-state index in [2.05, 4.69) is 20.9 Å². The van der Waals surface area contributed by atoms with Crippen LogP contribution in [0.3, 0.4) is 0 Å². The van der Waals surface area contributed by atoms with E-state index in [0.717, 1.165) is 19.4 Å². The zero-order chi connectivity index (χ0) is 14.2. The smallest absolute Gasteiger partial charge is 0.339 e. The number of nitrogens with zero attached hydrogens (tertiary/aromatic N) is 2. The minimum Gasteiger partial charge on any atom is -0.478 e. The molecular weight excluding hydrogens is 328 g/mol. The van der Waals surface area contributed by atoms with E-state index >= 15 is 0 Å². The Bertz CT molecular complexity index is 531. The molecule has 2 saturated heterocycles. The number of hydrogen-bond donors (Lipinski definition) is 1. The summed E-state index contributed by atoms with van der Waals surface area (Å²) in [6.07, 6.45) is 3.33. The van der Waals surface area contributed by atoms with Crippen LogP contribution in [-0.2, 0) is 9.47 Å². The van der Waals surface area contributed by atoms with Crippen LogP contribution in [0.25, 0.3) is 0 Å². The van der Waals surface area contributed by atoms with E-state index in [0.29, 0.717) is 30.0 Å². The molecule has 2 aliphatic heterocycles. The molecular formula is C13H15BrN2O4. The highest BCUT2D eigenvalue weighted by atomic mass is 79.9. The van der Waals surface area contributed by atoms with Crippen LogP contribution in [-0.4, -0.2) is 48.2 Å². The summed E-state index contributed by atoms with van der Waals surface area (Å²) in [5, 5.41) is 9.33. The number of rotatable bonds is 2. The van der Waals surface area contributed by atoms with Crippen molar-refractivity contribution < 1.29 is 19.4 Å². The van der Waals surface area contributed by atoms with Crippen molar-refractivity contribution in [2.45, 2.75) is 18.6 Å². The Morgan fingerprint density at radius 3 is 2.90 bits per heavy atom. The predicted octanol–water partition coefficient (Wildman–Crippen LogP) is 1.89. The lowest BCUT2D eigenvalue weighted by atomic mass is 10.0. The summed E-state index contributed by atoms with van der Waals surface area (Å²) in [4.78, 5) is 17.6. The second-order valence-electron chi connectivity index (χ2n) is 4.96. The van der Waals surface area contributed by atoms with Crippen molar-refractivity contribution in [2.75, 3.05) is 31.2 Å². The van der Waals surface area contributed by atoms with Gasteiger partial charge in [0.15, 0.2) is 5.79 Å². The van der Waals surface area contributed by atoms with E-state index in [1.165, 1.54) is 0 Å². The number of ether oxygens (including phenoxy) is 2. The molecule has 7 heteroatoms. The third-order valence-corrected chi connectivity index (χ3v) is 4.03. The van der Waals surface area contributed by atoms with Crippen molar-refractivity contribution in [3.05, 3.63) is 22.3 Å². The lowest BCUT2D eigenvalue weighted by Crippen LogP contribution is -2.49. The fourth-order valence-electron chi connectivity index (χ4n) is 2.74. The molecule has 0 atom stereocenters. The van der Waals surface area contributed by atoms with Crippen LogP contribution in [0.5, 0.6) is 0 Å². The van der Waals surface area contributed by atoms with Gasteiger partial charge < -0.3 is 19.5 Å². The predicted molar refractivity (Wildman–Crippen MR) is 75.0 cm³/mol. The first-order valence-electron chi connectivity index (χ1n) is 6.51. The number of anilines is 1. The summed E-state index contributed by atoms with van der Waals surface area (Å²) in [6.45, 7) is 2.45. The number of carboxylic acid groups (broad SMARTS) is 1. The van der Waals surface area contributed by atoms with Crippen LogP contribution in [0.4, 0.5) is 5.82 Å². The Kier molecular flexibility index (Phi) is 3.66. The number of aromatic carboxylic acids is 1. The maximum atomic E-state index is 11.4. The molecule has 3 heterocycles. The van der Waals surface area contributed by atoms with Crippen molar-refractivity contribution in [1.82, 2.24) is 4.98 Å². The number of halogens is 1. The van der Waals surface area contributed by atoms with Crippen LogP contribution in [0.2, 0.25) is 0 Å². The highest BCUT2D eigenvalue weighted by Gasteiger charge is 2.41. The van der Waals surface area contributed by atoms with Crippen LogP contribution < -0.4 is 4.90 Å². The SMILES string of the molecule is O=C(O)c1cc(Br)cnc1N1CCCC2(C1)OCCO2. The van der Waals surface area contributed by atoms with Crippen molar-refractivity contribution >= 4 is 27.7 Å². The van der Waals surface area contributed by atoms with E-state index in [1.54, 1.807) is 12.3 Å². The standard InChI is InChI=1S/C13H15BrN2O4/c14-9-6-10(12(17)18)11(15-7-9)16-3-1-2-13(8-16)19-4-5-20-13/h6-7H,1-5,8H2,(H,17,18). The van der Waals surface area contributed by atoms with Crippen LogP contribution in [0.1, 0.15) is 23.2 Å². The van der Waals surface area contributed by atoms with Crippen LogP contribution in [0.15, 0.2) is 16.7 Å². The fourth-order valence-corrected chi connectivity index (χ4v) is 3.07. The third kappa shape index (κ3) is 2.53. The Morgan fingerprint density at radius 2 is 2.20 bits per heavy atom. The number of pyridine rings is 1. The lowest BCUT2D eigenvalue weighted by Gasteiger charge is -2.39. The summed E-state index contributed by atoms with van der Waals surface area (Å²) in [6, 6.07) is 1.57. The lowest BCUT2D eigenvalue weighted by molar-refractivity contribution is -0.161. The van der Waals surface area contributed by atoms with Gasteiger partial charge in [0.1, 0.15) is 11.4 Å². The van der Waals surface area contributed by atoms with Crippen molar-refractivity contribution in [2.24, 2.45) is 0 Å². The molecule has 2 fully saturated rings. The zero-order valence-corrected chi connectivity index (χ0v) is 12.4. The van der Waals surface area contributed by atoms with Crippen LogP contribution in [0, 0.1) is 0 Å². The molecule has 0 saturated carbocycles. The largest absolute Gasteiger partial charge is 0.478 e. The first-order chi connectivity index (χ1) is 9.60. The minimum atomic E-state index is -0.985. The first-order valence-corrected chi connectivity index (χ1v) is 7.31. The Morgan fingerprint density at radius 1 is 1.45 bits per heavy atom. The van der Waals surface area contributed by atoms with Gasteiger partial charge in [0, 0.05) is 23.6 Å². The normalized spacial score (nSPS) is 21.4. The first kappa shape index (κ1) is 13.8. The average Bonchev–Trinajstić information content (AvgIpc) is 2.86. The monoisotopic (exact) mass is 342 g/mol. The maximum absolute atomic E-state index is 11.4.